The molecule has 28 heavy (non-hydrogen) atoms. The zero-order chi connectivity index (χ0) is 20.5. The molecule has 0 atom stereocenters. The summed E-state index contributed by atoms with van der Waals surface area (Å²) in [5.74, 6) is 0. The van der Waals surface area contributed by atoms with Gasteiger partial charge < -0.3 is 0 Å². The average Bonchev–Trinajstić information content (AvgIpc) is 2.99. The number of hydrogen-bond donors (Lipinski definition) is 0. The van der Waals surface area contributed by atoms with Crippen molar-refractivity contribution in [3.05, 3.63) is 74.3 Å². The molecular weight excluding hydrogens is 432 g/mol. The summed E-state index contributed by atoms with van der Waals surface area (Å²) in [6.45, 7) is 1.73. The first kappa shape index (κ1) is 20.6. The van der Waals surface area contributed by atoms with Gasteiger partial charge in [0.05, 0.1) is 16.3 Å². The third kappa shape index (κ3) is 4.32. The molecule has 0 bridgehead atoms. The summed E-state index contributed by atoms with van der Waals surface area (Å²) >= 11 is 13.6. The fourth-order valence-electron chi connectivity index (χ4n) is 2.63. The van der Waals surface area contributed by atoms with Gasteiger partial charge in [0.15, 0.2) is 0 Å². The van der Waals surface area contributed by atoms with E-state index in [1.54, 1.807) is 25.1 Å². The molecule has 1 amide bonds. The molecule has 0 spiro atoms. The molecule has 0 N–H and O–H groups in total. The maximum Gasteiger partial charge on any atom is 0.416 e. The number of halogens is 5. The quantitative estimate of drug-likeness (QED) is 0.412. The fourth-order valence-corrected chi connectivity index (χ4v) is 4.23. The second-order valence-corrected chi connectivity index (χ2v) is 7.77. The Balaban J connectivity index is 1.91. The van der Waals surface area contributed by atoms with Crippen molar-refractivity contribution in [1.29, 1.82) is 0 Å². The molecule has 2 aromatic carbocycles. The van der Waals surface area contributed by atoms with Gasteiger partial charge in [-0.1, -0.05) is 29.3 Å². The van der Waals surface area contributed by atoms with Crippen molar-refractivity contribution in [1.82, 2.24) is 4.98 Å². The van der Waals surface area contributed by atoms with Gasteiger partial charge in [0.1, 0.15) is 5.00 Å². The molecule has 3 nitrogen and oxygen atoms in total. The molecule has 9 heteroatoms. The summed E-state index contributed by atoms with van der Waals surface area (Å²) in [4.78, 5) is 17.4. The first-order valence-corrected chi connectivity index (χ1v) is 9.59. The first-order valence-electron chi connectivity index (χ1n) is 8.01. The van der Waals surface area contributed by atoms with E-state index in [4.69, 9.17) is 23.2 Å². The SMILES string of the molecule is Cc1nc(Cc2c(Cl)cccc2Cl)sc1N(C=O)c1ccc(C(F)(F)F)cc1. The molecule has 1 aromatic heterocycles. The van der Waals surface area contributed by atoms with E-state index in [0.29, 0.717) is 44.3 Å². The van der Waals surface area contributed by atoms with E-state index < -0.39 is 11.7 Å². The Morgan fingerprint density at radius 1 is 1.11 bits per heavy atom. The maximum absolute atomic E-state index is 12.8. The van der Waals surface area contributed by atoms with Crippen LogP contribution in [0.3, 0.4) is 0 Å². The molecular formula is C19H13Cl2F3N2OS. The van der Waals surface area contributed by atoms with E-state index >= 15 is 0 Å². The monoisotopic (exact) mass is 444 g/mol. The topological polar surface area (TPSA) is 33.2 Å². The van der Waals surface area contributed by atoms with Crippen LogP contribution in [0.2, 0.25) is 10.0 Å². The summed E-state index contributed by atoms with van der Waals surface area (Å²) in [5, 5.41) is 2.22. The number of benzene rings is 2. The van der Waals surface area contributed by atoms with Crippen molar-refractivity contribution in [2.24, 2.45) is 0 Å². The van der Waals surface area contributed by atoms with E-state index in [0.717, 1.165) is 17.7 Å². The van der Waals surface area contributed by atoms with E-state index in [1.165, 1.54) is 28.4 Å². The minimum atomic E-state index is -4.44. The van der Waals surface area contributed by atoms with E-state index in [9.17, 15) is 18.0 Å². The smallest absolute Gasteiger partial charge is 0.278 e. The van der Waals surface area contributed by atoms with Gasteiger partial charge in [-0.25, -0.2) is 4.98 Å². The number of alkyl halides is 3. The minimum Gasteiger partial charge on any atom is -0.278 e. The summed E-state index contributed by atoms with van der Waals surface area (Å²) in [6, 6.07) is 9.57. The van der Waals surface area contributed by atoms with Gasteiger partial charge in [0, 0.05) is 22.2 Å². The molecule has 0 radical (unpaired) electrons. The Bertz CT molecular complexity index is 983. The number of amides is 1. The van der Waals surface area contributed by atoms with Crippen LogP contribution in [0.15, 0.2) is 42.5 Å². The second-order valence-electron chi connectivity index (χ2n) is 5.90. The molecule has 0 aliphatic rings. The first-order chi connectivity index (χ1) is 13.2. The average molecular weight is 445 g/mol. The standard InChI is InChI=1S/C19H13Cl2F3N2OS/c1-11-18(26(10-27)13-7-5-12(6-8-13)19(22,23)24)28-17(25-11)9-14-15(20)3-2-4-16(14)21/h2-8,10H,9H2,1H3. The third-order valence-corrected chi connectivity index (χ3v) is 5.87. The van der Waals surface area contributed by atoms with Crippen LogP contribution in [0.1, 0.15) is 21.8 Å². The number of hydrogen-bond acceptors (Lipinski definition) is 3. The summed E-state index contributed by atoms with van der Waals surface area (Å²) < 4.78 is 38.3. The van der Waals surface area contributed by atoms with Crippen molar-refractivity contribution in [2.75, 3.05) is 4.90 Å². The Morgan fingerprint density at radius 3 is 2.25 bits per heavy atom. The molecule has 0 unspecified atom stereocenters. The van der Waals surface area contributed by atoms with Gasteiger partial charge in [-0.2, -0.15) is 13.2 Å². The lowest BCUT2D eigenvalue weighted by atomic mass is 10.1. The number of rotatable bonds is 5. The van der Waals surface area contributed by atoms with Crippen LogP contribution in [0.5, 0.6) is 0 Å². The Labute approximate surface area is 173 Å². The molecule has 1 heterocycles. The van der Waals surface area contributed by atoms with E-state index in [1.807, 2.05) is 0 Å². The molecule has 3 aromatic rings. The summed E-state index contributed by atoms with van der Waals surface area (Å²) in [5.41, 5.74) is 0.836. The predicted molar refractivity (Wildman–Crippen MR) is 106 cm³/mol. The van der Waals surface area contributed by atoms with Crippen LogP contribution in [-0.4, -0.2) is 11.4 Å². The summed E-state index contributed by atoms with van der Waals surface area (Å²) in [6.07, 6.45) is -3.51. The maximum atomic E-state index is 12.8. The van der Waals surface area contributed by atoms with Gasteiger partial charge >= 0.3 is 6.18 Å². The molecule has 146 valence electrons. The van der Waals surface area contributed by atoms with E-state index in [-0.39, 0.29) is 0 Å². The lowest BCUT2D eigenvalue weighted by Gasteiger charge is -2.17. The summed E-state index contributed by atoms with van der Waals surface area (Å²) in [7, 11) is 0. The van der Waals surface area contributed by atoms with Crippen LogP contribution in [0, 0.1) is 6.92 Å². The zero-order valence-corrected chi connectivity index (χ0v) is 16.8. The highest BCUT2D eigenvalue weighted by atomic mass is 35.5. The number of aromatic nitrogens is 1. The molecule has 0 aliphatic heterocycles. The van der Waals surface area contributed by atoms with Crippen molar-refractivity contribution >= 4 is 51.6 Å². The van der Waals surface area contributed by atoms with Gasteiger partial charge in [-0.05, 0) is 48.9 Å². The fraction of sp³-hybridized carbons (Fsp3) is 0.158. The number of anilines is 2. The highest BCUT2D eigenvalue weighted by Gasteiger charge is 2.30. The zero-order valence-electron chi connectivity index (χ0n) is 14.4. The number of carbonyl (C=O) groups is 1. The van der Waals surface area contributed by atoms with Crippen LogP contribution < -0.4 is 4.90 Å². The normalized spacial score (nSPS) is 11.5. The molecule has 0 saturated heterocycles. The van der Waals surface area contributed by atoms with Crippen LogP contribution in [-0.2, 0) is 17.4 Å². The van der Waals surface area contributed by atoms with Gasteiger partial charge in [0.25, 0.3) is 0 Å². The van der Waals surface area contributed by atoms with Crippen LogP contribution >= 0.6 is 34.5 Å². The van der Waals surface area contributed by atoms with E-state index in [2.05, 4.69) is 4.98 Å². The molecule has 0 saturated carbocycles. The minimum absolute atomic E-state index is 0.317. The van der Waals surface area contributed by atoms with Crippen LogP contribution in [0.4, 0.5) is 23.9 Å². The molecule has 3 rings (SSSR count). The highest BCUT2D eigenvalue weighted by molar-refractivity contribution is 7.16. The number of thiazole rings is 1. The second kappa shape index (κ2) is 8.11. The lowest BCUT2D eigenvalue weighted by molar-refractivity contribution is -0.137. The van der Waals surface area contributed by atoms with Gasteiger partial charge in [0.2, 0.25) is 6.41 Å². The molecule has 0 aliphatic carbocycles. The van der Waals surface area contributed by atoms with Crippen molar-refractivity contribution in [2.45, 2.75) is 19.5 Å². The van der Waals surface area contributed by atoms with Crippen molar-refractivity contribution in [3.8, 4) is 0 Å². The van der Waals surface area contributed by atoms with Gasteiger partial charge in [-0.3, -0.25) is 9.69 Å². The Hall–Kier alpha value is -2.09. The number of aryl methyl sites for hydroxylation is 1. The number of carbonyl (C=O) groups excluding carboxylic acids is 1. The van der Waals surface area contributed by atoms with Crippen LogP contribution in [0.25, 0.3) is 0 Å². The van der Waals surface area contributed by atoms with Crippen molar-refractivity contribution < 1.29 is 18.0 Å². The Morgan fingerprint density at radius 2 is 1.71 bits per heavy atom. The largest absolute Gasteiger partial charge is 0.416 e. The van der Waals surface area contributed by atoms with Gasteiger partial charge in [-0.15, -0.1) is 11.3 Å². The Kier molecular flexibility index (Phi) is 5.98. The molecule has 0 fully saturated rings. The highest BCUT2D eigenvalue weighted by Crippen LogP contribution is 2.37. The van der Waals surface area contributed by atoms with Crippen molar-refractivity contribution in [3.63, 3.8) is 0 Å². The number of nitrogens with zero attached hydrogens (tertiary/aromatic N) is 2. The predicted octanol–water partition coefficient (Wildman–Crippen LogP) is 6.66. The lowest BCUT2D eigenvalue weighted by Crippen LogP contribution is -2.14. The third-order valence-electron chi connectivity index (χ3n) is 4.00.